The largest absolute Gasteiger partial charge is 0.445 e. The first kappa shape index (κ1) is 27.9. The molecule has 0 bridgehead atoms. The Bertz CT molecular complexity index is 1220. The number of benzene rings is 3. The van der Waals surface area contributed by atoms with E-state index in [1.165, 1.54) is 4.90 Å². The lowest BCUT2D eigenvalue weighted by Crippen LogP contribution is -2.55. The Balaban J connectivity index is 1.67. The summed E-state index contributed by atoms with van der Waals surface area (Å²) in [6.45, 7) is 7.91. The number of imide groups is 1. The molecule has 3 aromatic rings. The Kier molecular flexibility index (Phi) is 8.69. The van der Waals surface area contributed by atoms with E-state index >= 15 is 0 Å². The number of alkyl carbamates (subject to hydrolysis) is 1. The van der Waals surface area contributed by atoms with Crippen molar-refractivity contribution in [2.75, 3.05) is 0 Å². The van der Waals surface area contributed by atoms with Crippen LogP contribution in [0.25, 0.3) is 0 Å². The van der Waals surface area contributed by atoms with Gasteiger partial charge < -0.3 is 14.8 Å². The van der Waals surface area contributed by atoms with E-state index in [2.05, 4.69) is 5.32 Å². The smallest absolute Gasteiger partial charge is 0.418 e. The van der Waals surface area contributed by atoms with Crippen LogP contribution in [-0.4, -0.2) is 35.1 Å². The molecule has 0 radical (unpaired) electrons. The summed E-state index contributed by atoms with van der Waals surface area (Å²) >= 11 is 0. The maximum Gasteiger partial charge on any atom is 0.418 e. The number of hydrogen-bond donors (Lipinski definition) is 1. The molecule has 2 atom stereocenters. The lowest BCUT2D eigenvalue weighted by atomic mass is 9.75. The van der Waals surface area contributed by atoms with Crippen LogP contribution in [0.5, 0.6) is 0 Å². The van der Waals surface area contributed by atoms with Crippen LogP contribution in [0.4, 0.5) is 9.59 Å². The van der Waals surface area contributed by atoms with Gasteiger partial charge in [-0.15, -0.1) is 0 Å². The highest BCUT2D eigenvalue weighted by atomic mass is 16.6. The molecule has 1 fully saturated rings. The molecule has 0 spiro atoms. The van der Waals surface area contributed by atoms with Crippen molar-refractivity contribution in [3.8, 4) is 0 Å². The van der Waals surface area contributed by atoms with Crippen LogP contribution in [0.3, 0.4) is 0 Å². The minimum Gasteiger partial charge on any atom is -0.445 e. The number of cyclic esters (lactones) is 1. The molecule has 39 heavy (non-hydrogen) atoms. The van der Waals surface area contributed by atoms with E-state index in [0.29, 0.717) is 6.42 Å². The minimum atomic E-state index is -1.21. The van der Waals surface area contributed by atoms with Crippen LogP contribution in [-0.2, 0) is 26.5 Å². The molecule has 1 N–H and O–H groups in total. The van der Waals surface area contributed by atoms with Gasteiger partial charge >= 0.3 is 12.2 Å². The molecule has 1 aliphatic rings. The Hall–Kier alpha value is -4.13. The van der Waals surface area contributed by atoms with Crippen LogP contribution in [0, 0.1) is 11.8 Å². The predicted molar refractivity (Wildman–Crippen MR) is 149 cm³/mol. The fourth-order valence-corrected chi connectivity index (χ4v) is 5.30. The molecule has 7 heteroatoms. The van der Waals surface area contributed by atoms with Gasteiger partial charge in [0.25, 0.3) is 5.91 Å². The van der Waals surface area contributed by atoms with E-state index in [1.54, 1.807) is 0 Å². The van der Waals surface area contributed by atoms with Gasteiger partial charge in [-0.25, -0.2) is 14.5 Å². The SMILES string of the molecule is CC(C)C[C@@H](NC(=O)OCc1ccccc1)C(=O)N1C(=O)OC(c2ccccc2)(c2ccccc2)[C@@H]1C(C)C. The Morgan fingerprint density at radius 2 is 1.38 bits per heavy atom. The van der Waals surface area contributed by atoms with Gasteiger partial charge in [0.2, 0.25) is 0 Å². The fraction of sp³-hybridized carbons (Fsp3) is 0.344. The summed E-state index contributed by atoms with van der Waals surface area (Å²) in [5.74, 6) is -0.610. The average Bonchev–Trinajstić information content (AvgIpc) is 3.26. The monoisotopic (exact) mass is 528 g/mol. The maximum absolute atomic E-state index is 14.1. The molecule has 1 aliphatic heterocycles. The quantitative estimate of drug-likeness (QED) is 0.354. The summed E-state index contributed by atoms with van der Waals surface area (Å²) in [5, 5.41) is 2.72. The standard InChI is InChI=1S/C32H36N2O5/c1-22(2)20-27(33-30(36)38-21-24-14-8-5-9-15-24)29(35)34-28(23(3)4)32(39-31(34)37,25-16-10-6-11-17-25)26-18-12-7-13-19-26/h5-19,22-23,27-28H,20-21H2,1-4H3,(H,33,36)/t27-,28+/m1/s1. The van der Waals surface area contributed by atoms with E-state index in [9.17, 15) is 14.4 Å². The molecule has 204 valence electrons. The van der Waals surface area contributed by atoms with E-state index in [1.807, 2.05) is 119 Å². The number of nitrogens with one attached hydrogen (secondary N) is 1. The van der Waals surface area contributed by atoms with Gasteiger partial charge in [0.1, 0.15) is 12.6 Å². The van der Waals surface area contributed by atoms with E-state index < -0.39 is 35.8 Å². The third-order valence-corrected chi connectivity index (χ3v) is 6.92. The summed E-state index contributed by atoms with van der Waals surface area (Å²) < 4.78 is 11.6. The van der Waals surface area contributed by atoms with Crippen molar-refractivity contribution in [2.24, 2.45) is 11.8 Å². The average molecular weight is 529 g/mol. The molecule has 0 aliphatic carbocycles. The summed E-state index contributed by atoms with van der Waals surface area (Å²) in [6.07, 6.45) is -1.12. The Morgan fingerprint density at radius 1 is 0.872 bits per heavy atom. The number of nitrogens with zero attached hydrogens (tertiary/aromatic N) is 1. The highest BCUT2D eigenvalue weighted by Crippen LogP contribution is 2.47. The molecule has 0 saturated carbocycles. The molecule has 7 nitrogen and oxygen atoms in total. The highest BCUT2D eigenvalue weighted by Gasteiger charge is 2.60. The topological polar surface area (TPSA) is 84.9 Å². The zero-order valence-electron chi connectivity index (χ0n) is 22.9. The second-order valence-corrected chi connectivity index (χ2v) is 10.6. The molecule has 0 aromatic heterocycles. The van der Waals surface area contributed by atoms with Gasteiger partial charge in [0.05, 0.1) is 6.04 Å². The van der Waals surface area contributed by atoms with Crippen molar-refractivity contribution in [2.45, 2.75) is 58.4 Å². The highest BCUT2D eigenvalue weighted by molar-refractivity contribution is 5.98. The van der Waals surface area contributed by atoms with Crippen molar-refractivity contribution in [1.82, 2.24) is 10.2 Å². The van der Waals surface area contributed by atoms with Crippen LogP contribution in [0.1, 0.15) is 50.8 Å². The normalized spacial score (nSPS) is 17.1. The Labute approximate surface area is 230 Å². The minimum absolute atomic E-state index is 0.0671. The number of ether oxygens (including phenoxy) is 2. The predicted octanol–water partition coefficient (Wildman–Crippen LogP) is 6.27. The molecule has 1 heterocycles. The van der Waals surface area contributed by atoms with E-state index in [0.717, 1.165) is 16.7 Å². The first-order valence-electron chi connectivity index (χ1n) is 13.4. The second-order valence-electron chi connectivity index (χ2n) is 10.6. The fourth-order valence-electron chi connectivity index (χ4n) is 5.30. The Morgan fingerprint density at radius 3 is 1.87 bits per heavy atom. The summed E-state index contributed by atoms with van der Waals surface area (Å²) in [6, 6.07) is 26.7. The summed E-state index contributed by atoms with van der Waals surface area (Å²) in [5.41, 5.74) is 1.17. The van der Waals surface area contributed by atoms with Crippen molar-refractivity contribution in [3.05, 3.63) is 108 Å². The third-order valence-electron chi connectivity index (χ3n) is 6.92. The van der Waals surface area contributed by atoms with Crippen molar-refractivity contribution >= 4 is 18.1 Å². The van der Waals surface area contributed by atoms with Crippen LogP contribution in [0.2, 0.25) is 0 Å². The first-order chi connectivity index (χ1) is 18.7. The number of carbonyl (C=O) groups is 3. The van der Waals surface area contributed by atoms with E-state index in [-0.39, 0.29) is 18.4 Å². The van der Waals surface area contributed by atoms with Crippen molar-refractivity contribution in [1.29, 1.82) is 0 Å². The number of rotatable bonds is 9. The van der Waals surface area contributed by atoms with Gasteiger partial charge in [-0.2, -0.15) is 0 Å². The van der Waals surface area contributed by atoms with Crippen molar-refractivity contribution < 1.29 is 23.9 Å². The molecule has 1 saturated heterocycles. The summed E-state index contributed by atoms with van der Waals surface area (Å²) in [4.78, 5) is 41.7. The first-order valence-corrected chi connectivity index (χ1v) is 13.4. The summed E-state index contributed by atoms with van der Waals surface area (Å²) in [7, 11) is 0. The van der Waals surface area contributed by atoms with Gasteiger partial charge in [-0.1, -0.05) is 119 Å². The van der Waals surface area contributed by atoms with Crippen LogP contribution in [0.15, 0.2) is 91.0 Å². The van der Waals surface area contributed by atoms with Crippen LogP contribution < -0.4 is 5.32 Å². The molecular formula is C32H36N2O5. The molecular weight excluding hydrogens is 492 g/mol. The molecule has 3 amide bonds. The second kappa shape index (κ2) is 12.2. The van der Waals surface area contributed by atoms with Crippen LogP contribution >= 0.6 is 0 Å². The number of amides is 3. The van der Waals surface area contributed by atoms with E-state index in [4.69, 9.17) is 9.47 Å². The lowest BCUT2D eigenvalue weighted by Gasteiger charge is -2.38. The molecule has 3 aromatic carbocycles. The lowest BCUT2D eigenvalue weighted by molar-refractivity contribution is -0.133. The molecule has 0 unspecified atom stereocenters. The third kappa shape index (κ3) is 5.98. The zero-order valence-corrected chi connectivity index (χ0v) is 22.9. The number of carbonyl (C=O) groups excluding carboxylic acids is 3. The maximum atomic E-state index is 14.1. The van der Waals surface area contributed by atoms with Gasteiger partial charge in [0.15, 0.2) is 5.60 Å². The zero-order chi connectivity index (χ0) is 28.0. The van der Waals surface area contributed by atoms with Crippen molar-refractivity contribution in [3.63, 3.8) is 0 Å². The van der Waals surface area contributed by atoms with Gasteiger partial charge in [-0.3, -0.25) is 4.79 Å². The molecule has 4 rings (SSSR count). The van der Waals surface area contributed by atoms with Gasteiger partial charge in [-0.05, 0) is 23.8 Å². The number of hydrogen-bond acceptors (Lipinski definition) is 5. The van der Waals surface area contributed by atoms with Gasteiger partial charge in [0, 0.05) is 11.1 Å².